The fraction of sp³-hybridized carbons (Fsp3) is 0.615. The van der Waals surface area contributed by atoms with Gasteiger partial charge in [-0.15, -0.1) is 0 Å². The summed E-state index contributed by atoms with van der Waals surface area (Å²) < 4.78 is 0. The lowest BCUT2D eigenvalue weighted by Crippen LogP contribution is -2.19. The molecule has 0 aliphatic heterocycles. The van der Waals surface area contributed by atoms with Gasteiger partial charge in [0.15, 0.2) is 11.5 Å². The Morgan fingerprint density at radius 1 is 1.28 bits per heavy atom. The van der Waals surface area contributed by atoms with Crippen molar-refractivity contribution in [2.75, 3.05) is 5.32 Å². The minimum Gasteiger partial charge on any atom is -0.366 e. The quantitative estimate of drug-likeness (QED) is 0.871. The van der Waals surface area contributed by atoms with Gasteiger partial charge in [0.25, 0.3) is 0 Å². The van der Waals surface area contributed by atoms with Gasteiger partial charge in [-0.05, 0) is 25.2 Å². The summed E-state index contributed by atoms with van der Waals surface area (Å²) in [6.07, 6.45) is 5.48. The molecule has 5 nitrogen and oxygen atoms in total. The van der Waals surface area contributed by atoms with Crippen molar-refractivity contribution in [2.24, 2.45) is 5.41 Å². The van der Waals surface area contributed by atoms with E-state index >= 15 is 0 Å². The van der Waals surface area contributed by atoms with Crippen molar-refractivity contribution in [1.29, 1.82) is 0 Å². The molecule has 98 valence electrons. The van der Waals surface area contributed by atoms with Gasteiger partial charge < -0.3 is 10.3 Å². The average Bonchev–Trinajstić information content (AvgIpc) is 2.74. The number of nitrogens with zero attached hydrogens (tertiary/aromatic N) is 3. The lowest BCUT2D eigenvalue weighted by atomic mass is 9.89. The van der Waals surface area contributed by atoms with E-state index < -0.39 is 0 Å². The molecule has 2 aromatic heterocycles. The SMILES string of the molecule is CC(CCC(C)(C)C)Nc1ncnc2nc[nH]c12. The van der Waals surface area contributed by atoms with Gasteiger partial charge in [-0.2, -0.15) is 0 Å². The number of aromatic nitrogens is 4. The molecular formula is C13H21N5. The second-order valence-electron chi connectivity index (χ2n) is 5.97. The number of aromatic amines is 1. The fourth-order valence-corrected chi connectivity index (χ4v) is 1.83. The molecule has 2 aromatic rings. The molecule has 2 heterocycles. The third-order valence-electron chi connectivity index (χ3n) is 2.93. The molecule has 0 fully saturated rings. The highest BCUT2D eigenvalue weighted by Gasteiger charge is 2.14. The molecule has 2 N–H and O–H groups in total. The summed E-state index contributed by atoms with van der Waals surface area (Å²) in [5.41, 5.74) is 1.95. The normalized spacial score (nSPS) is 13.8. The molecule has 0 radical (unpaired) electrons. The van der Waals surface area contributed by atoms with Crippen LogP contribution in [-0.2, 0) is 0 Å². The van der Waals surface area contributed by atoms with Crippen LogP contribution >= 0.6 is 0 Å². The topological polar surface area (TPSA) is 66.5 Å². The molecule has 0 spiro atoms. The molecular weight excluding hydrogens is 226 g/mol. The number of hydrogen-bond acceptors (Lipinski definition) is 4. The zero-order chi connectivity index (χ0) is 13.2. The van der Waals surface area contributed by atoms with E-state index in [0.717, 1.165) is 17.8 Å². The largest absolute Gasteiger partial charge is 0.366 e. The maximum Gasteiger partial charge on any atom is 0.182 e. The van der Waals surface area contributed by atoms with Crippen molar-refractivity contribution in [1.82, 2.24) is 19.9 Å². The van der Waals surface area contributed by atoms with Gasteiger partial charge in [-0.1, -0.05) is 20.8 Å². The van der Waals surface area contributed by atoms with Crippen molar-refractivity contribution < 1.29 is 0 Å². The number of imidazole rings is 1. The number of rotatable bonds is 4. The van der Waals surface area contributed by atoms with Gasteiger partial charge in [0, 0.05) is 6.04 Å². The standard InChI is InChI=1S/C13H21N5/c1-9(5-6-13(2,3)4)18-12-10-11(15-7-14-10)16-8-17-12/h7-9H,5-6H2,1-4H3,(H2,14,15,16,17,18). The zero-order valence-corrected chi connectivity index (χ0v) is 11.5. The Hall–Kier alpha value is -1.65. The molecule has 0 aliphatic rings. The van der Waals surface area contributed by atoms with Crippen LogP contribution < -0.4 is 5.32 Å². The van der Waals surface area contributed by atoms with Gasteiger partial charge in [0.05, 0.1) is 6.33 Å². The highest BCUT2D eigenvalue weighted by atomic mass is 15.1. The Morgan fingerprint density at radius 3 is 2.78 bits per heavy atom. The molecule has 18 heavy (non-hydrogen) atoms. The van der Waals surface area contributed by atoms with Crippen LogP contribution in [-0.4, -0.2) is 26.0 Å². The first-order valence-corrected chi connectivity index (χ1v) is 6.36. The molecule has 1 unspecified atom stereocenters. The van der Waals surface area contributed by atoms with E-state index in [-0.39, 0.29) is 0 Å². The minimum atomic E-state index is 0.366. The van der Waals surface area contributed by atoms with Crippen LogP contribution in [0.5, 0.6) is 0 Å². The second kappa shape index (κ2) is 4.92. The summed E-state index contributed by atoms with van der Waals surface area (Å²) in [5, 5.41) is 3.42. The average molecular weight is 247 g/mol. The monoisotopic (exact) mass is 247 g/mol. The van der Waals surface area contributed by atoms with Crippen molar-refractivity contribution in [3.8, 4) is 0 Å². The summed E-state index contributed by atoms with van der Waals surface area (Å²) >= 11 is 0. The molecule has 0 aliphatic carbocycles. The lowest BCUT2D eigenvalue weighted by molar-refractivity contribution is 0.357. The molecule has 1 atom stereocenters. The van der Waals surface area contributed by atoms with Gasteiger partial charge in [-0.25, -0.2) is 15.0 Å². The van der Waals surface area contributed by atoms with E-state index in [2.05, 4.69) is 52.9 Å². The van der Waals surface area contributed by atoms with E-state index in [4.69, 9.17) is 0 Å². The van der Waals surface area contributed by atoms with Crippen molar-refractivity contribution >= 4 is 17.0 Å². The van der Waals surface area contributed by atoms with Gasteiger partial charge in [0.1, 0.15) is 11.8 Å². The molecule has 0 bridgehead atoms. The summed E-state index contributed by atoms with van der Waals surface area (Å²) in [6, 6.07) is 0.380. The zero-order valence-electron chi connectivity index (χ0n) is 11.5. The van der Waals surface area contributed by atoms with Crippen LogP contribution in [0.1, 0.15) is 40.5 Å². The highest BCUT2D eigenvalue weighted by molar-refractivity contribution is 5.81. The van der Waals surface area contributed by atoms with Crippen LogP contribution in [0.4, 0.5) is 5.82 Å². The van der Waals surface area contributed by atoms with Crippen molar-refractivity contribution in [3.05, 3.63) is 12.7 Å². The van der Waals surface area contributed by atoms with E-state index in [1.54, 1.807) is 12.7 Å². The Morgan fingerprint density at radius 2 is 2.06 bits per heavy atom. The first-order valence-electron chi connectivity index (χ1n) is 6.36. The number of hydrogen-bond donors (Lipinski definition) is 2. The number of anilines is 1. The van der Waals surface area contributed by atoms with Gasteiger partial charge in [0.2, 0.25) is 0 Å². The number of H-pyrrole nitrogens is 1. The third kappa shape index (κ3) is 3.18. The fourth-order valence-electron chi connectivity index (χ4n) is 1.83. The summed E-state index contributed by atoms with van der Waals surface area (Å²) in [7, 11) is 0. The van der Waals surface area contributed by atoms with Crippen LogP contribution in [0.3, 0.4) is 0 Å². The van der Waals surface area contributed by atoms with Gasteiger partial charge in [-0.3, -0.25) is 0 Å². The summed E-state index contributed by atoms with van der Waals surface area (Å²) in [4.78, 5) is 15.6. The minimum absolute atomic E-state index is 0.366. The number of fused-ring (bicyclic) bond motifs is 1. The van der Waals surface area contributed by atoms with Crippen LogP contribution in [0, 0.1) is 5.41 Å². The predicted molar refractivity (Wildman–Crippen MR) is 73.5 cm³/mol. The van der Waals surface area contributed by atoms with Gasteiger partial charge >= 0.3 is 0 Å². The Balaban J connectivity index is 2.03. The molecule has 0 amide bonds. The Kier molecular flexibility index (Phi) is 3.50. The maximum absolute atomic E-state index is 4.27. The van der Waals surface area contributed by atoms with E-state index in [9.17, 15) is 0 Å². The molecule has 2 rings (SSSR count). The maximum atomic E-state index is 4.27. The van der Waals surface area contributed by atoms with E-state index in [0.29, 0.717) is 17.1 Å². The highest BCUT2D eigenvalue weighted by Crippen LogP contribution is 2.23. The Labute approximate surface area is 107 Å². The first-order chi connectivity index (χ1) is 8.46. The van der Waals surface area contributed by atoms with E-state index in [1.807, 2.05) is 0 Å². The summed E-state index contributed by atoms with van der Waals surface area (Å²) in [6.45, 7) is 8.96. The van der Waals surface area contributed by atoms with Crippen LogP contribution in [0.2, 0.25) is 0 Å². The van der Waals surface area contributed by atoms with Crippen molar-refractivity contribution in [2.45, 2.75) is 46.6 Å². The van der Waals surface area contributed by atoms with E-state index in [1.165, 1.54) is 6.42 Å². The third-order valence-corrected chi connectivity index (χ3v) is 2.93. The predicted octanol–water partition coefficient (Wildman–Crippen LogP) is 2.98. The van der Waals surface area contributed by atoms with Crippen LogP contribution in [0.15, 0.2) is 12.7 Å². The van der Waals surface area contributed by atoms with Crippen LogP contribution in [0.25, 0.3) is 11.2 Å². The summed E-state index contributed by atoms with van der Waals surface area (Å²) in [5.74, 6) is 0.832. The Bertz CT molecular complexity index is 511. The van der Waals surface area contributed by atoms with Crippen molar-refractivity contribution in [3.63, 3.8) is 0 Å². The molecule has 0 saturated carbocycles. The smallest absolute Gasteiger partial charge is 0.182 e. The molecule has 0 aromatic carbocycles. The first kappa shape index (κ1) is 12.8. The molecule has 5 heteroatoms. The second-order valence-corrected chi connectivity index (χ2v) is 5.97. The lowest BCUT2D eigenvalue weighted by Gasteiger charge is -2.21. The number of nitrogens with one attached hydrogen (secondary N) is 2. The molecule has 0 saturated heterocycles.